The molecule has 1 unspecified atom stereocenters. The fraction of sp³-hybridized carbons (Fsp3) is 0.727. The smallest absolute Gasteiger partial charge is 0.215 e. The first-order valence-electron chi connectivity index (χ1n) is 11.4. The molecule has 0 bridgehead atoms. The quantitative estimate of drug-likeness (QED) is 0.604. The molecule has 0 aliphatic carbocycles. The van der Waals surface area contributed by atoms with Crippen LogP contribution in [0.5, 0.6) is 0 Å². The summed E-state index contributed by atoms with van der Waals surface area (Å²) in [6.45, 7) is 7.09. The predicted octanol–water partition coefficient (Wildman–Crippen LogP) is 1.85. The Morgan fingerprint density at radius 3 is 2.45 bits per heavy atom. The Kier molecular flexibility index (Phi) is 7.90. The number of hydrogen-bond acceptors (Lipinski definition) is 6. The number of benzene rings is 1. The standard InChI is InChI=1S/C22H35ClN4O3S/c23-21-4-2-19(3-5-21)20-6-10-27(11-7-20)31(28,29)17-22(16-24-18-25-22)8-1-9-26-12-14-30-15-13-26/h2-5,20,24-25H,1,6-18H2. The van der Waals surface area contributed by atoms with Gasteiger partial charge in [-0.1, -0.05) is 23.7 Å². The van der Waals surface area contributed by atoms with E-state index >= 15 is 0 Å². The van der Waals surface area contributed by atoms with Crippen molar-refractivity contribution in [3.8, 4) is 0 Å². The SMILES string of the molecule is O=S(=O)(CC1(CCCN2CCOCC2)CNCN1)N1CCC(c2ccc(Cl)cc2)CC1. The van der Waals surface area contributed by atoms with E-state index in [2.05, 4.69) is 27.7 Å². The molecule has 174 valence electrons. The molecule has 0 radical (unpaired) electrons. The zero-order chi connectivity index (χ0) is 21.7. The second-order valence-electron chi connectivity index (χ2n) is 9.10. The highest BCUT2D eigenvalue weighted by Crippen LogP contribution is 2.31. The van der Waals surface area contributed by atoms with E-state index in [1.807, 2.05) is 12.1 Å². The largest absolute Gasteiger partial charge is 0.379 e. The molecule has 0 aromatic heterocycles. The van der Waals surface area contributed by atoms with Gasteiger partial charge in [0.15, 0.2) is 0 Å². The van der Waals surface area contributed by atoms with Crippen molar-refractivity contribution in [3.63, 3.8) is 0 Å². The summed E-state index contributed by atoms with van der Waals surface area (Å²) in [7, 11) is -3.32. The average Bonchev–Trinajstić information content (AvgIpc) is 3.23. The maximum atomic E-state index is 13.3. The van der Waals surface area contributed by atoms with Gasteiger partial charge >= 0.3 is 0 Å². The molecule has 1 aromatic carbocycles. The minimum absolute atomic E-state index is 0.168. The van der Waals surface area contributed by atoms with Crippen LogP contribution in [0.1, 0.15) is 37.2 Å². The molecule has 7 nitrogen and oxygen atoms in total. The molecule has 3 saturated heterocycles. The van der Waals surface area contributed by atoms with E-state index in [1.165, 1.54) is 5.56 Å². The lowest BCUT2D eigenvalue weighted by Gasteiger charge is -2.36. The van der Waals surface area contributed by atoms with Gasteiger partial charge in [0, 0.05) is 50.0 Å². The maximum Gasteiger partial charge on any atom is 0.215 e. The van der Waals surface area contributed by atoms with Crippen molar-refractivity contribution in [1.82, 2.24) is 19.8 Å². The van der Waals surface area contributed by atoms with Crippen molar-refractivity contribution >= 4 is 21.6 Å². The molecular formula is C22H35ClN4O3S. The van der Waals surface area contributed by atoms with Crippen LogP contribution >= 0.6 is 11.6 Å². The predicted molar refractivity (Wildman–Crippen MR) is 124 cm³/mol. The van der Waals surface area contributed by atoms with Crippen molar-refractivity contribution in [2.24, 2.45) is 0 Å². The van der Waals surface area contributed by atoms with Crippen molar-refractivity contribution in [3.05, 3.63) is 34.9 Å². The van der Waals surface area contributed by atoms with Gasteiger partial charge in [0.25, 0.3) is 0 Å². The van der Waals surface area contributed by atoms with Crippen LogP contribution in [0, 0.1) is 0 Å². The topological polar surface area (TPSA) is 73.9 Å². The van der Waals surface area contributed by atoms with Crippen molar-refractivity contribution < 1.29 is 13.2 Å². The Morgan fingerprint density at radius 2 is 1.81 bits per heavy atom. The molecule has 31 heavy (non-hydrogen) atoms. The maximum absolute atomic E-state index is 13.3. The van der Waals surface area contributed by atoms with E-state index in [-0.39, 0.29) is 11.3 Å². The third-order valence-electron chi connectivity index (χ3n) is 6.93. The number of rotatable bonds is 8. The van der Waals surface area contributed by atoms with E-state index in [0.29, 0.717) is 32.2 Å². The van der Waals surface area contributed by atoms with Crippen LogP contribution in [0.15, 0.2) is 24.3 Å². The molecule has 3 fully saturated rings. The second-order valence-corrected chi connectivity index (χ2v) is 11.5. The summed E-state index contributed by atoms with van der Waals surface area (Å²) in [6.07, 6.45) is 3.56. The van der Waals surface area contributed by atoms with Crippen LogP contribution in [0.4, 0.5) is 0 Å². The molecule has 9 heteroatoms. The zero-order valence-electron chi connectivity index (χ0n) is 18.2. The summed E-state index contributed by atoms with van der Waals surface area (Å²) in [5, 5.41) is 7.53. The highest BCUT2D eigenvalue weighted by Gasteiger charge is 2.40. The average molecular weight is 471 g/mol. The summed E-state index contributed by atoms with van der Waals surface area (Å²) in [5.74, 6) is 0.569. The number of morpholine rings is 1. The number of halogens is 1. The van der Waals surface area contributed by atoms with Gasteiger partial charge in [-0.3, -0.25) is 10.2 Å². The summed E-state index contributed by atoms with van der Waals surface area (Å²) < 4.78 is 33.8. The highest BCUT2D eigenvalue weighted by molar-refractivity contribution is 7.89. The molecule has 4 rings (SSSR count). The first-order valence-corrected chi connectivity index (χ1v) is 13.4. The van der Waals surface area contributed by atoms with E-state index < -0.39 is 10.0 Å². The van der Waals surface area contributed by atoms with E-state index in [4.69, 9.17) is 16.3 Å². The van der Waals surface area contributed by atoms with Crippen LogP contribution in [0.2, 0.25) is 5.02 Å². The van der Waals surface area contributed by atoms with Crippen LogP contribution in [0.3, 0.4) is 0 Å². The zero-order valence-corrected chi connectivity index (χ0v) is 19.8. The Balaban J connectivity index is 1.31. The second kappa shape index (κ2) is 10.5. The number of nitrogens with one attached hydrogen (secondary N) is 2. The van der Waals surface area contributed by atoms with Crippen molar-refractivity contribution in [2.75, 3.05) is 64.9 Å². The lowest BCUT2D eigenvalue weighted by molar-refractivity contribution is 0.0365. The Bertz CT molecular complexity index is 801. The number of nitrogens with zero attached hydrogens (tertiary/aromatic N) is 2. The molecule has 0 amide bonds. The first-order chi connectivity index (χ1) is 15.0. The normalized spacial score (nSPS) is 27.0. The number of hydrogen-bond donors (Lipinski definition) is 2. The number of piperidine rings is 1. The Hall–Kier alpha value is -0.740. The molecule has 1 aromatic rings. The van der Waals surface area contributed by atoms with Crippen LogP contribution in [-0.4, -0.2) is 88.1 Å². The molecule has 3 heterocycles. The van der Waals surface area contributed by atoms with Gasteiger partial charge in [-0.25, -0.2) is 12.7 Å². The molecule has 0 spiro atoms. The van der Waals surface area contributed by atoms with Crippen LogP contribution in [0.25, 0.3) is 0 Å². The van der Waals surface area contributed by atoms with E-state index in [0.717, 1.165) is 63.6 Å². The Labute approximate surface area is 191 Å². The van der Waals surface area contributed by atoms with Gasteiger partial charge in [-0.15, -0.1) is 0 Å². The number of sulfonamides is 1. The summed E-state index contributed by atoms with van der Waals surface area (Å²) in [4.78, 5) is 2.41. The summed E-state index contributed by atoms with van der Waals surface area (Å²) >= 11 is 6.00. The molecule has 0 saturated carbocycles. The molecular weight excluding hydrogens is 436 g/mol. The van der Waals surface area contributed by atoms with Crippen LogP contribution < -0.4 is 10.6 Å². The lowest BCUT2D eigenvalue weighted by atomic mass is 9.90. The number of ether oxygens (including phenoxy) is 1. The summed E-state index contributed by atoms with van der Waals surface area (Å²) in [5.41, 5.74) is 0.876. The van der Waals surface area contributed by atoms with Gasteiger partial charge in [-0.05, 0) is 55.8 Å². The first kappa shape index (κ1) is 23.4. The molecule has 3 aliphatic heterocycles. The third-order valence-corrected chi connectivity index (χ3v) is 9.25. The van der Waals surface area contributed by atoms with Gasteiger partial charge < -0.3 is 10.1 Å². The molecule has 1 atom stereocenters. The highest BCUT2D eigenvalue weighted by atomic mass is 35.5. The summed E-state index contributed by atoms with van der Waals surface area (Å²) in [6, 6.07) is 7.96. The Morgan fingerprint density at radius 1 is 1.10 bits per heavy atom. The van der Waals surface area contributed by atoms with Crippen molar-refractivity contribution in [2.45, 2.75) is 37.1 Å². The van der Waals surface area contributed by atoms with E-state index in [9.17, 15) is 8.42 Å². The van der Waals surface area contributed by atoms with E-state index in [1.54, 1.807) is 4.31 Å². The monoisotopic (exact) mass is 470 g/mol. The minimum atomic E-state index is -3.32. The van der Waals surface area contributed by atoms with Gasteiger partial charge in [0.1, 0.15) is 0 Å². The van der Waals surface area contributed by atoms with Crippen LogP contribution in [-0.2, 0) is 14.8 Å². The lowest BCUT2D eigenvalue weighted by Crippen LogP contribution is -2.53. The van der Waals surface area contributed by atoms with Gasteiger partial charge in [-0.2, -0.15) is 0 Å². The fourth-order valence-electron chi connectivity index (χ4n) is 5.07. The minimum Gasteiger partial charge on any atom is -0.379 e. The van der Waals surface area contributed by atoms with Crippen molar-refractivity contribution in [1.29, 1.82) is 0 Å². The third kappa shape index (κ3) is 6.19. The fourth-order valence-corrected chi connectivity index (χ4v) is 7.20. The molecule has 2 N–H and O–H groups in total. The molecule has 3 aliphatic rings. The van der Waals surface area contributed by atoms with Gasteiger partial charge in [0.05, 0.1) is 19.0 Å². The van der Waals surface area contributed by atoms with Gasteiger partial charge in [0.2, 0.25) is 10.0 Å².